The Balaban J connectivity index is 1.81. The minimum atomic E-state index is -0.522. The lowest BCUT2D eigenvalue weighted by Gasteiger charge is -2.19. The van der Waals surface area contributed by atoms with Gasteiger partial charge in [-0.15, -0.1) is 0 Å². The van der Waals surface area contributed by atoms with Crippen molar-refractivity contribution in [1.29, 1.82) is 0 Å². The van der Waals surface area contributed by atoms with Gasteiger partial charge in [-0.05, 0) is 48.6 Å². The summed E-state index contributed by atoms with van der Waals surface area (Å²) in [6.45, 7) is 2.78. The van der Waals surface area contributed by atoms with E-state index in [4.69, 9.17) is 4.74 Å². The molecule has 0 aliphatic heterocycles. The average molecular weight is 283 g/mol. The smallest absolute Gasteiger partial charge is 0.119 e. The Labute approximate surface area is 125 Å². The van der Waals surface area contributed by atoms with Crippen LogP contribution < -0.4 is 4.74 Å². The summed E-state index contributed by atoms with van der Waals surface area (Å²) >= 11 is 0. The van der Waals surface area contributed by atoms with Crippen LogP contribution >= 0.6 is 0 Å². The summed E-state index contributed by atoms with van der Waals surface area (Å²) in [5.74, 6) is 0.912. The molecule has 0 fully saturated rings. The highest BCUT2D eigenvalue weighted by molar-refractivity contribution is 5.35. The molecular weight excluding hydrogens is 262 g/mol. The van der Waals surface area contributed by atoms with E-state index in [0.29, 0.717) is 6.61 Å². The van der Waals surface area contributed by atoms with Crippen LogP contribution in [0.15, 0.2) is 42.6 Å². The third-order valence-electron chi connectivity index (χ3n) is 4.06. The molecule has 1 aromatic carbocycles. The van der Waals surface area contributed by atoms with Crippen LogP contribution in [0.2, 0.25) is 0 Å². The maximum absolute atomic E-state index is 10.7. The summed E-state index contributed by atoms with van der Waals surface area (Å²) in [4.78, 5) is 4.47. The number of nitrogens with zero attached hydrogens (tertiary/aromatic N) is 1. The third kappa shape index (κ3) is 2.93. The van der Waals surface area contributed by atoms with E-state index < -0.39 is 6.10 Å². The van der Waals surface area contributed by atoms with Gasteiger partial charge >= 0.3 is 0 Å². The fourth-order valence-electron chi connectivity index (χ4n) is 2.99. The van der Waals surface area contributed by atoms with E-state index in [9.17, 15) is 5.11 Å². The van der Waals surface area contributed by atoms with Crippen molar-refractivity contribution in [2.75, 3.05) is 6.61 Å². The number of rotatable bonds is 5. The Morgan fingerprint density at radius 3 is 3.10 bits per heavy atom. The predicted molar refractivity (Wildman–Crippen MR) is 82.5 cm³/mol. The second-order valence-electron chi connectivity index (χ2n) is 5.56. The van der Waals surface area contributed by atoms with E-state index in [1.165, 1.54) is 5.56 Å². The fourth-order valence-corrected chi connectivity index (χ4v) is 2.99. The Kier molecular flexibility index (Phi) is 4.20. The van der Waals surface area contributed by atoms with Gasteiger partial charge in [-0.3, -0.25) is 4.98 Å². The standard InChI is InChI=1S/C18H21NO2/c1-2-11-21-15-7-3-5-14(12-15)18(20)16-9-8-13-6-4-10-19-17(13)16/h3-7,10,12,16,18,20H,2,8-9,11H2,1H3. The van der Waals surface area contributed by atoms with Gasteiger partial charge in [0, 0.05) is 17.8 Å². The topological polar surface area (TPSA) is 42.4 Å². The summed E-state index contributed by atoms with van der Waals surface area (Å²) in [5, 5.41) is 10.7. The Bertz CT molecular complexity index is 612. The summed E-state index contributed by atoms with van der Waals surface area (Å²) < 4.78 is 5.65. The van der Waals surface area contributed by atoms with Crippen molar-refractivity contribution in [2.45, 2.75) is 38.2 Å². The lowest BCUT2D eigenvalue weighted by Crippen LogP contribution is -2.09. The Morgan fingerprint density at radius 1 is 1.33 bits per heavy atom. The SMILES string of the molecule is CCCOc1cccc(C(O)C2CCc3cccnc32)c1. The van der Waals surface area contributed by atoms with Crippen LogP contribution in [0, 0.1) is 0 Å². The van der Waals surface area contributed by atoms with Gasteiger partial charge in [-0.1, -0.05) is 25.1 Å². The van der Waals surface area contributed by atoms with Crippen molar-refractivity contribution in [3.63, 3.8) is 0 Å². The minimum absolute atomic E-state index is 0.0858. The highest BCUT2D eigenvalue weighted by Crippen LogP contribution is 2.40. The van der Waals surface area contributed by atoms with Crippen molar-refractivity contribution in [3.05, 3.63) is 59.4 Å². The van der Waals surface area contributed by atoms with Crippen LogP contribution in [0.3, 0.4) is 0 Å². The van der Waals surface area contributed by atoms with Crippen LogP contribution in [-0.4, -0.2) is 16.7 Å². The number of hydrogen-bond acceptors (Lipinski definition) is 3. The summed E-state index contributed by atoms with van der Waals surface area (Å²) in [6.07, 6.45) is 4.22. The number of aliphatic hydroxyl groups excluding tert-OH is 1. The van der Waals surface area contributed by atoms with Crippen molar-refractivity contribution in [1.82, 2.24) is 4.98 Å². The largest absolute Gasteiger partial charge is 0.494 e. The van der Waals surface area contributed by atoms with E-state index in [0.717, 1.165) is 36.3 Å². The Hall–Kier alpha value is -1.87. The highest BCUT2D eigenvalue weighted by Gasteiger charge is 2.30. The van der Waals surface area contributed by atoms with Gasteiger partial charge in [0.15, 0.2) is 0 Å². The van der Waals surface area contributed by atoms with Crippen molar-refractivity contribution >= 4 is 0 Å². The molecule has 1 N–H and O–H groups in total. The molecule has 2 atom stereocenters. The van der Waals surface area contributed by atoms with Crippen molar-refractivity contribution in [3.8, 4) is 5.75 Å². The molecule has 1 heterocycles. The summed E-state index contributed by atoms with van der Waals surface area (Å²) in [6, 6.07) is 11.9. The molecule has 0 saturated heterocycles. The molecule has 0 radical (unpaired) electrons. The lowest BCUT2D eigenvalue weighted by atomic mass is 9.93. The first-order valence-corrected chi connectivity index (χ1v) is 7.64. The molecule has 3 heteroatoms. The molecule has 2 unspecified atom stereocenters. The first kappa shape index (κ1) is 14.1. The quantitative estimate of drug-likeness (QED) is 0.911. The number of fused-ring (bicyclic) bond motifs is 1. The van der Waals surface area contributed by atoms with Crippen LogP contribution in [-0.2, 0) is 6.42 Å². The minimum Gasteiger partial charge on any atom is -0.494 e. The van der Waals surface area contributed by atoms with Crippen molar-refractivity contribution in [2.24, 2.45) is 0 Å². The van der Waals surface area contributed by atoms with E-state index >= 15 is 0 Å². The van der Waals surface area contributed by atoms with Gasteiger partial charge < -0.3 is 9.84 Å². The van der Waals surface area contributed by atoms with Gasteiger partial charge in [0.05, 0.1) is 12.7 Å². The summed E-state index contributed by atoms with van der Waals surface area (Å²) in [7, 11) is 0. The molecule has 1 aliphatic rings. The lowest BCUT2D eigenvalue weighted by molar-refractivity contribution is 0.143. The molecule has 21 heavy (non-hydrogen) atoms. The van der Waals surface area contributed by atoms with Gasteiger partial charge in [0.1, 0.15) is 5.75 Å². The molecule has 0 spiro atoms. The number of pyridine rings is 1. The average Bonchev–Trinajstić information content (AvgIpc) is 2.96. The van der Waals surface area contributed by atoms with Crippen LogP contribution in [0.5, 0.6) is 5.75 Å². The highest BCUT2D eigenvalue weighted by atomic mass is 16.5. The molecular formula is C18H21NO2. The van der Waals surface area contributed by atoms with E-state index in [2.05, 4.69) is 18.0 Å². The van der Waals surface area contributed by atoms with Crippen LogP contribution in [0.1, 0.15) is 48.6 Å². The van der Waals surface area contributed by atoms with Crippen LogP contribution in [0.25, 0.3) is 0 Å². The normalized spacial score (nSPS) is 18.3. The first-order valence-electron chi connectivity index (χ1n) is 7.64. The first-order chi connectivity index (χ1) is 10.3. The molecule has 3 nitrogen and oxygen atoms in total. The zero-order chi connectivity index (χ0) is 14.7. The van der Waals surface area contributed by atoms with Crippen molar-refractivity contribution < 1.29 is 9.84 Å². The zero-order valence-electron chi connectivity index (χ0n) is 12.3. The third-order valence-corrected chi connectivity index (χ3v) is 4.06. The monoisotopic (exact) mass is 283 g/mol. The van der Waals surface area contributed by atoms with E-state index in [-0.39, 0.29) is 5.92 Å². The molecule has 1 aromatic heterocycles. The maximum Gasteiger partial charge on any atom is 0.119 e. The number of benzene rings is 1. The van der Waals surface area contributed by atoms with Gasteiger partial charge in [-0.25, -0.2) is 0 Å². The number of ether oxygens (including phenoxy) is 1. The second-order valence-corrected chi connectivity index (χ2v) is 5.56. The summed E-state index contributed by atoms with van der Waals surface area (Å²) in [5.41, 5.74) is 3.22. The fraction of sp³-hybridized carbons (Fsp3) is 0.389. The molecule has 0 saturated carbocycles. The zero-order valence-corrected chi connectivity index (χ0v) is 12.3. The predicted octanol–water partition coefficient (Wildman–Crippen LogP) is 3.63. The number of hydrogen-bond donors (Lipinski definition) is 1. The van der Waals surface area contributed by atoms with Gasteiger partial charge in [0.25, 0.3) is 0 Å². The molecule has 1 aliphatic carbocycles. The van der Waals surface area contributed by atoms with E-state index in [1.54, 1.807) is 0 Å². The second kappa shape index (κ2) is 6.27. The molecule has 3 rings (SSSR count). The van der Waals surface area contributed by atoms with E-state index in [1.807, 2.05) is 36.5 Å². The van der Waals surface area contributed by atoms with Crippen LogP contribution in [0.4, 0.5) is 0 Å². The molecule has 0 amide bonds. The maximum atomic E-state index is 10.7. The van der Waals surface area contributed by atoms with Gasteiger partial charge in [-0.2, -0.15) is 0 Å². The molecule has 110 valence electrons. The number of aliphatic hydroxyl groups is 1. The molecule has 2 aromatic rings. The number of aryl methyl sites for hydroxylation is 1. The Morgan fingerprint density at radius 2 is 2.24 bits per heavy atom. The van der Waals surface area contributed by atoms with Gasteiger partial charge in [0.2, 0.25) is 0 Å². The molecule has 0 bridgehead atoms. The number of aromatic nitrogens is 1.